The summed E-state index contributed by atoms with van der Waals surface area (Å²) in [6.07, 6.45) is 4.81. The summed E-state index contributed by atoms with van der Waals surface area (Å²) >= 11 is 0. The number of nitrogens with zero attached hydrogens (tertiary/aromatic N) is 2. The Hall–Kier alpha value is -1.20. The van der Waals surface area contributed by atoms with E-state index in [1.165, 1.54) is 0 Å². The second-order valence-electron chi connectivity index (χ2n) is 4.91. The molecule has 0 amide bonds. The van der Waals surface area contributed by atoms with Crippen molar-refractivity contribution in [1.82, 2.24) is 15.5 Å². The zero-order chi connectivity index (χ0) is 13.5. The molecule has 0 aromatic carbocycles. The molecule has 5 nitrogen and oxygen atoms in total. The number of hydrogen-bond donors (Lipinski definition) is 1. The Morgan fingerprint density at radius 3 is 2.79 bits per heavy atom. The summed E-state index contributed by atoms with van der Waals surface area (Å²) in [6, 6.07) is 3.86. The van der Waals surface area contributed by atoms with E-state index in [0.29, 0.717) is 12.0 Å². The maximum absolute atomic E-state index is 5.87. The molecule has 1 fully saturated rings. The van der Waals surface area contributed by atoms with E-state index in [1.807, 2.05) is 12.1 Å². The van der Waals surface area contributed by atoms with Gasteiger partial charge in [0.2, 0.25) is 5.88 Å². The lowest BCUT2D eigenvalue weighted by Crippen LogP contribution is -2.29. The molecule has 1 aromatic rings. The monoisotopic (exact) mass is 265 g/mol. The molecule has 0 spiro atoms. The Bertz CT molecular complexity index is 369. The van der Waals surface area contributed by atoms with Gasteiger partial charge in [-0.05, 0) is 31.9 Å². The van der Waals surface area contributed by atoms with E-state index in [1.54, 1.807) is 7.11 Å². The van der Waals surface area contributed by atoms with Gasteiger partial charge in [-0.25, -0.2) is 0 Å². The van der Waals surface area contributed by atoms with Crippen LogP contribution in [0.1, 0.15) is 38.3 Å². The van der Waals surface area contributed by atoms with Crippen LogP contribution < -0.4 is 10.1 Å². The highest BCUT2D eigenvalue weighted by Crippen LogP contribution is 2.24. The molecule has 0 radical (unpaired) electrons. The fourth-order valence-electron chi connectivity index (χ4n) is 2.35. The number of methoxy groups -OCH3 is 1. The van der Waals surface area contributed by atoms with Crippen molar-refractivity contribution in [3.05, 3.63) is 17.8 Å². The molecule has 0 aliphatic heterocycles. The minimum atomic E-state index is 0.201. The van der Waals surface area contributed by atoms with Crippen LogP contribution in [0.2, 0.25) is 0 Å². The van der Waals surface area contributed by atoms with E-state index >= 15 is 0 Å². The zero-order valence-electron chi connectivity index (χ0n) is 11.8. The average molecular weight is 265 g/mol. The maximum Gasteiger partial charge on any atom is 0.233 e. The van der Waals surface area contributed by atoms with Crippen molar-refractivity contribution in [3.63, 3.8) is 0 Å². The molecule has 2 atom stereocenters. The van der Waals surface area contributed by atoms with Crippen LogP contribution >= 0.6 is 0 Å². The Morgan fingerprint density at radius 1 is 1.26 bits per heavy atom. The smallest absolute Gasteiger partial charge is 0.233 e. The third-order valence-electron chi connectivity index (χ3n) is 3.45. The van der Waals surface area contributed by atoms with E-state index in [0.717, 1.165) is 44.5 Å². The minimum absolute atomic E-state index is 0.201. The lowest BCUT2D eigenvalue weighted by atomic mass is 9.95. The van der Waals surface area contributed by atoms with Crippen molar-refractivity contribution in [2.24, 2.45) is 0 Å². The van der Waals surface area contributed by atoms with Crippen molar-refractivity contribution in [3.8, 4) is 5.88 Å². The van der Waals surface area contributed by atoms with Gasteiger partial charge < -0.3 is 14.8 Å². The number of nitrogens with one attached hydrogen (secondary N) is 1. The molecule has 1 saturated carbocycles. The first-order valence-electron chi connectivity index (χ1n) is 7.04. The van der Waals surface area contributed by atoms with E-state index in [4.69, 9.17) is 9.47 Å². The van der Waals surface area contributed by atoms with Gasteiger partial charge in [-0.2, -0.15) is 5.10 Å². The molecule has 2 unspecified atom stereocenters. The molecule has 0 saturated heterocycles. The van der Waals surface area contributed by atoms with Crippen molar-refractivity contribution in [2.45, 2.75) is 51.4 Å². The normalized spacial score (nSPS) is 23.3. The molecule has 0 bridgehead atoms. The summed E-state index contributed by atoms with van der Waals surface area (Å²) in [5.41, 5.74) is 0.938. The number of rotatable bonds is 6. The van der Waals surface area contributed by atoms with E-state index in [-0.39, 0.29) is 6.10 Å². The number of ether oxygens (including phenoxy) is 2. The highest BCUT2D eigenvalue weighted by molar-refractivity contribution is 5.11. The van der Waals surface area contributed by atoms with Gasteiger partial charge in [0.05, 0.1) is 11.8 Å². The summed E-state index contributed by atoms with van der Waals surface area (Å²) in [6.45, 7) is 3.75. The van der Waals surface area contributed by atoms with Crippen LogP contribution in [0, 0.1) is 0 Å². The number of hydrogen-bond acceptors (Lipinski definition) is 5. The second kappa shape index (κ2) is 7.40. The van der Waals surface area contributed by atoms with Crippen molar-refractivity contribution < 1.29 is 9.47 Å². The van der Waals surface area contributed by atoms with E-state index in [2.05, 4.69) is 22.4 Å². The topological polar surface area (TPSA) is 56.3 Å². The van der Waals surface area contributed by atoms with E-state index in [9.17, 15) is 0 Å². The molecular formula is C14H23N3O2. The third-order valence-corrected chi connectivity index (χ3v) is 3.45. The van der Waals surface area contributed by atoms with Gasteiger partial charge in [-0.15, -0.1) is 5.10 Å². The van der Waals surface area contributed by atoms with Gasteiger partial charge >= 0.3 is 0 Å². The molecule has 1 aliphatic carbocycles. The molecule has 106 valence electrons. The van der Waals surface area contributed by atoms with Crippen LogP contribution in [0.3, 0.4) is 0 Å². The summed E-state index contributed by atoms with van der Waals surface area (Å²) in [4.78, 5) is 0. The Kier molecular flexibility index (Phi) is 5.54. The predicted molar refractivity (Wildman–Crippen MR) is 73.1 cm³/mol. The minimum Gasteiger partial charge on any atom is -0.473 e. The van der Waals surface area contributed by atoms with Gasteiger partial charge in [0, 0.05) is 26.1 Å². The molecule has 2 rings (SSSR count). The largest absolute Gasteiger partial charge is 0.473 e. The highest BCUT2D eigenvalue weighted by atomic mass is 16.5. The Labute approximate surface area is 114 Å². The highest BCUT2D eigenvalue weighted by Gasteiger charge is 2.23. The van der Waals surface area contributed by atoms with Crippen LogP contribution in [0.5, 0.6) is 5.88 Å². The van der Waals surface area contributed by atoms with Gasteiger partial charge in [-0.1, -0.05) is 6.92 Å². The van der Waals surface area contributed by atoms with Crippen LogP contribution in [0.15, 0.2) is 12.1 Å². The average Bonchev–Trinajstić information content (AvgIpc) is 2.47. The van der Waals surface area contributed by atoms with Crippen molar-refractivity contribution in [1.29, 1.82) is 0 Å². The molecule has 1 aliphatic rings. The SMILES string of the molecule is CCNCc1ccc(OC2CCCC(OC)C2)nn1. The lowest BCUT2D eigenvalue weighted by molar-refractivity contribution is 0.0192. The fourth-order valence-corrected chi connectivity index (χ4v) is 2.35. The molecule has 1 aromatic heterocycles. The van der Waals surface area contributed by atoms with E-state index < -0.39 is 0 Å². The van der Waals surface area contributed by atoms with Gasteiger partial charge in [0.25, 0.3) is 0 Å². The summed E-state index contributed by atoms with van der Waals surface area (Å²) in [7, 11) is 1.77. The van der Waals surface area contributed by atoms with Crippen LogP contribution in [-0.4, -0.2) is 36.1 Å². The third kappa shape index (κ3) is 4.44. The Balaban J connectivity index is 1.85. The van der Waals surface area contributed by atoms with Crippen LogP contribution in [0.4, 0.5) is 0 Å². The quantitative estimate of drug-likeness (QED) is 0.851. The lowest BCUT2D eigenvalue weighted by Gasteiger charge is -2.28. The summed E-state index contributed by atoms with van der Waals surface area (Å²) in [5.74, 6) is 0.613. The Morgan fingerprint density at radius 2 is 2.11 bits per heavy atom. The molecular weight excluding hydrogens is 242 g/mol. The maximum atomic E-state index is 5.87. The zero-order valence-corrected chi connectivity index (χ0v) is 11.8. The first-order valence-corrected chi connectivity index (χ1v) is 7.04. The van der Waals surface area contributed by atoms with Crippen LogP contribution in [0.25, 0.3) is 0 Å². The summed E-state index contributed by atoms with van der Waals surface area (Å²) < 4.78 is 11.3. The standard InChI is InChI=1S/C14H23N3O2/c1-3-15-10-11-7-8-14(17-16-11)19-13-6-4-5-12(9-13)18-2/h7-8,12-13,15H,3-6,9-10H2,1-2H3. The van der Waals surface area contributed by atoms with Gasteiger partial charge in [-0.3, -0.25) is 0 Å². The van der Waals surface area contributed by atoms with Crippen molar-refractivity contribution in [2.75, 3.05) is 13.7 Å². The molecule has 1 N–H and O–H groups in total. The summed E-state index contributed by atoms with van der Waals surface area (Å²) in [5, 5.41) is 11.5. The molecule has 19 heavy (non-hydrogen) atoms. The van der Waals surface area contributed by atoms with Gasteiger partial charge in [0.15, 0.2) is 0 Å². The number of aromatic nitrogens is 2. The predicted octanol–water partition coefficient (Wildman–Crippen LogP) is 1.92. The fraction of sp³-hybridized carbons (Fsp3) is 0.714. The molecule has 5 heteroatoms. The second-order valence-corrected chi connectivity index (χ2v) is 4.91. The van der Waals surface area contributed by atoms with Crippen LogP contribution in [-0.2, 0) is 11.3 Å². The van der Waals surface area contributed by atoms with Gasteiger partial charge in [0.1, 0.15) is 6.10 Å². The first-order chi connectivity index (χ1) is 9.31. The molecule has 1 heterocycles. The van der Waals surface area contributed by atoms with Crippen molar-refractivity contribution >= 4 is 0 Å². The first kappa shape index (κ1) is 14.2.